The summed E-state index contributed by atoms with van der Waals surface area (Å²) in [7, 11) is -4.26. The summed E-state index contributed by atoms with van der Waals surface area (Å²) in [5.74, 6) is -1.23. The molecule has 0 aliphatic carbocycles. The first-order valence-corrected chi connectivity index (χ1v) is 14.0. The van der Waals surface area contributed by atoms with Crippen LogP contribution in [0.15, 0.2) is 42.5 Å². The van der Waals surface area contributed by atoms with Crippen LogP contribution in [0.3, 0.4) is 0 Å². The normalized spacial score (nSPS) is 12.6. The first-order valence-electron chi connectivity index (χ1n) is 11.3. The number of nitrogens with one attached hydrogen (secondary N) is 1. The minimum Gasteiger partial charge on any atom is -0.354 e. The van der Waals surface area contributed by atoms with Crippen LogP contribution in [0.4, 0.5) is 18.9 Å². The molecule has 37 heavy (non-hydrogen) atoms. The predicted octanol–water partition coefficient (Wildman–Crippen LogP) is 5.11. The smallest absolute Gasteiger partial charge is 0.354 e. The monoisotopic (exact) mass is 581 g/mol. The summed E-state index contributed by atoms with van der Waals surface area (Å²) in [6, 6.07) is 7.74. The SMILES string of the molecule is CCCNC(=O)[C@@H](CC)N(Cc1ccc(Cl)cc1)C(=O)CN(c1cc(C(F)(F)F)ccc1Cl)S(C)(=O)=O. The number of benzene rings is 2. The van der Waals surface area contributed by atoms with E-state index in [2.05, 4.69) is 5.32 Å². The number of alkyl halides is 3. The third-order valence-corrected chi connectivity index (χ3v) is 7.12. The van der Waals surface area contributed by atoms with E-state index in [0.717, 1.165) is 12.3 Å². The van der Waals surface area contributed by atoms with Crippen LogP contribution in [0.25, 0.3) is 0 Å². The summed E-state index contributed by atoms with van der Waals surface area (Å²) in [6.07, 6.45) is -3.15. The number of rotatable bonds is 11. The minimum atomic E-state index is -4.77. The maximum atomic E-state index is 13.6. The van der Waals surface area contributed by atoms with Gasteiger partial charge >= 0.3 is 6.18 Å². The van der Waals surface area contributed by atoms with E-state index in [0.29, 0.717) is 40.0 Å². The van der Waals surface area contributed by atoms with Crippen LogP contribution in [0, 0.1) is 0 Å². The van der Waals surface area contributed by atoms with E-state index < -0.39 is 51.9 Å². The van der Waals surface area contributed by atoms with Crippen molar-refractivity contribution in [2.75, 3.05) is 23.7 Å². The van der Waals surface area contributed by atoms with Crippen LogP contribution in [-0.2, 0) is 32.3 Å². The lowest BCUT2D eigenvalue weighted by Crippen LogP contribution is -2.52. The summed E-state index contributed by atoms with van der Waals surface area (Å²) >= 11 is 12.0. The van der Waals surface area contributed by atoms with Crippen LogP contribution >= 0.6 is 23.2 Å². The molecule has 1 atom stereocenters. The van der Waals surface area contributed by atoms with Crippen molar-refractivity contribution in [1.82, 2.24) is 10.2 Å². The number of amides is 2. The van der Waals surface area contributed by atoms with Gasteiger partial charge in [-0.2, -0.15) is 13.2 Å². The van der Waals surface area contributed by atoms with Gasteiger partial charge in [0.1, 0.15) is 12.6 Å². The first kappa shape index (κ1) is 30.7. The first-order chi connectivity index (χ1) is 17.2. The fourth-order valence-corrected chi connectivity index (χ4v) is 4.80. The Kier molecular flexibility index (Phi) is 10.7. The Bertz CT molecular complexity index is 1210. The van der Waals surface area contributed by atoms with Crippen molar-refractivity contribution in [3.8, 4) is 0 Å². The van der Waals surface area contributed by atoms with Gasteiger partial charge in [-0.15, -0.1) is 0 Å². The molecule has 2 aromatic carbocycles. The van der Waals surface area contributed by atoms with Crippen LogP contribution in [0.2, 0.25) is 10.0 Å². The second kappa shape index (κ2) is 12.8. The molecule has 0 unspecified atom stereocenters. The highest BCUT2D eigenvalue weighted by Gasteiger charge is 2.35. The zero-order chi connectivity index (χ0) is 28.0. The van der Waals surface area contributed by atoms with E-state index in [1.165, 1.54) is 4.90 Å². The molecule has 204 valence electrons. The van der Waals surface area contributed by atoms with Gasteiger partial charge in [0, 0.05) is 18.1 Å². The molecule has 0 saturated heterocycles. The van der Waals surface area contributed by atoms with Gasteiger partial charge < -0.3 is 10.2 Å². The van der Waals surface area contributed by atoms with Crippen molar-refractivity contribution < 1.29 is 31.2 Å². The van der Waals surface area contributed by atoms with Gasteiger partial charge in [-0.05, 0) is 48.7 Å². The highest BCUT2D eigenvalue weighted by molar-refractivity contribution is 7.92. The van der Waals surface area contributed by atoms with Gasteiger partial charge in [0.05, 0.1) is 22.5 Å². The molecule has 7 nitrogen and oxygen atoms in total. The second-order valence-electron chi connectivity index (χ2n) is 8.30. The number of halogens is 5. The topological polar surface area (TPSA) is 86.8 Å². The molecule has 2 aromatic rings. The van der Waals surface area contributed by atoms with Crippen LogP contribution in [0.1, 0.15) is 37.8 Å². The average Bonchev–Trinajstić information content (AvgIpc) is 2.81. The molecule has 0 saturated carbocycles. The zero-order valence-corrected chi connectivity index (χ0v) is 22.8. The predicted molar refractivity (Wildman–Crippen MR) is 138 cm³/mol. The molecule has 0 spiro atoms. The average molecular weight is 582 g/mol. The number of hydrogen-bond acceptors (Lipinski definition) is 4. The maximum absolute atomic E-state index is 13.6. The Morgan fingerprint density at radius 2 is 1.68 bits per heavy atom. The van der Waals surface area contributed by atoms with Gasteiger partial charge in [-0.25, -0.2) is 8.42 Å². The Hall–Kier alpha value is -2.50. The van der Waals surface area contributed by atoms with E-state index in [-0.39, 0.29) is 18.0 Å². The van der Waals surface area contributed by atoms with Crippen molar-refractivity contribution in [1.29, 1.82) is 0 Å². The third-order valence-electron chi connectivity index (χ3n) is 5.42. The highest BCUT2D eigenvalue weighted by Crippen LogP contribution is 2.36. The van der Waals surface area contributed by atoms with Crippen molar-refractivity contribution in [2.45, 2.75) is 45.5 Å². The lowest BCUT2D eigenvalue weighted by Gasteiger charge is -2.33. The molecule has 0 aliphatic heterocycles. The molecule has 0 aliphatic rings. The zero-order valence-electron chi connectivity index (χ0n) is 20.5. The van der Waals surface area contributed by atoms with E-state index in [1.807, 2.05) is 6.92 Å². The molecule has 0 heterocycles. The lowest BCUT2D eigenvalue weighted by atomic mass is 10.1. The Morgan fingerprint density at radius 1 is 1.05 bits per heavy atom. The highest BCUT2D eigenvalue weighted by atomic mass is 35.5. The Balaban J connectivity index is 2.52. The minimum absolute atomic E-state index is 0.0675. The number of hydrogen-bond donors (Lipinski definition) is 1. The molecule has 0 fully saturated rings. The fourth-order valence-electron chi connectivity index (χ4n) is 3.55. The van der Waals surface area contributed by atoms with Crippen molar-refractivity contribution >= 4 is 50.7 Å². The van der Waals surface area contributed by atoms with Gasteiger partial charge in [0.25, 0.3) is 0 Å². The molecule has 2 amide bonds. The summed E-state index contributed by atoms with van der Waals surface area (Å²) in [5, 5.41) is 2.90. The second-order valence-corrected chi connectivity index (χ2v) is 11.0. The van der Waals surface area contributed by atoms with Crippen molar-refractivity contribution in [3.05, 3.63) is 63.6 Å². The van der Waals surface area contributed by atoms with Crippen molar-refractivity contribution in [3.63, 3.8) is 0 Å². The molecule has 13 heteroatoms. The van der Waals surface area contributed by atoms with Crippen LogP contribution in [0.5, 0.6) is 0 Å². The van der Waals surface area contributed by atoms with Gasteiger partial charge in [-0.3, -0.25) is 13.9 Å². The van der Waals surface area contributed by atoms with Gasteiger partial charge in [0.2, 0.25) is 21.8 Å². The van der Waals surface area contributed by atoms with Gasteiger partial charge in [0.15, 0.2) is 0 Å². The van der Waals surface area contributed by atoms with E-state index in [9.17, 15) is 31.2 Å². The Morgan fingerprint density at radius 3 is 2.19 bits per heavy atom. The quantitative estimate of drug-likeness (QED) is 0.399. The van der Waals surface area contributed by atoms with Gasteiger partial charge in [-0.1, -0.05) is 49.2 Å². The number of nitrogens with zero attached hydrogens (tertiary/aromatic N) is 2. The number of sulfonamides is 1. The lowest BCUT2D eigenvalue weighted by molar-refractivity contribution is -0.140. The maximum Gasteiger partial charge on any atom is 0.416 e. The number of carbonyl (C=O) groups excluding carboxylic acids is 2. The molecule has 1 N–H and O–H groups in total. The van der Waals surface area contributed by atoms with Crippen LogP contribution < -0.4 is 9.62 Å². The molecule has 0 bridgehead atoms. The largest absolute Gasteiger partial charge is 0.416 e. The number of anilines is 1. The van der Waals surface area contributed by atoms with E-state index >= 15 is 0 Å². The summed E-state index contributed by atoms with van der Waals surface area (Å²) in [4.78, 5) is 27.6. The standard InChI is InChI=1S/C24H28Cl2F3N3O4S/c1-4-12-30-23(34)20(5-2)31(14-16-6-9-18(25)10-7-16)22(33)15-32(37(3,35)36)21-13-17(24(27,28)29)8-11-19(21)26/h6-11,13,20H,4-5,12,14-15H2,1-3H3,(H,30,34)/t20-/m1/s1. The summed E-state index contributed by atoms with van der Waals surface area (Å²) in [5.41, 5.74) is -1.01. The molecular formula is C24H28Cl2F3N3O4S. The van der Waals surface area contributed by atoms with Crippen LogP contribution in [-0.4, -0.2) is 50.5 Å². The van der Waals surface area contributed by atoms with Crippen molar-refractivity contribution in [2.24, 2.45) is 0 Å². The Labute approximate surface area is 224 Å². The van der Waals surface area contributed by atoms with E-state index in [4.69, 9.17) is 23.2 Å². The summed E-state index contributed by atoms with van der Waals surface area (Å²) in [6.45, 7) is 2.98. The fraction of sp³-hybridized carbons (Fsp3) is 0.417. The molecular weight excluding hydrogens is 554 g/mol. The molecule has 2 rings (SSSR count). The number of carbonyl (C=O) groups is 2. The van der Waals surface area contributed by atoms with E-state index in [1.54, 1.807) is 31.2 Å². The molecule has 0 aromatic heterocycles. The molecule has 0 radical (unpaired) electrons. The third kappa shape index (κ3) is 8.51. The summed E-state index contributed by atoms with van der Waals surface area (Å²) < 4.78 is 65.8.